The van der Waals surface area contributed by atoms with E-state index in [1.807, 2.05) is 12.1 Å². The quantitative estimate of drug-likeness (QED) is 0.831. The Morgan fingerprint density at radius 2 is 1.60 bits per heavy atom. The van der Waals surface area contributed by atoms with Crippen LogP contribution in [0.4, 0.5) is 11.6 Å². The maximum Gasteiger partial charge on any atom is 0.172 e. The monoisotopic (exact) mass is 339 g/mol. The molecular formula is C19H25N5O. The molecule has 4 heterocycles. The van der Waals surface area contributed by atoms with Crippen LogP contribution < -0.4 is 9.80 Å². The van der Waals surface area contributed by atoms with E-state index in [2.05, 4.69) is 33.9 Å². The van der Waals surface area contributed by atoms with Crippen molar-refractivity contribution in [3.8, 4) is 0 Å². The topological polar surface area (TPSA) is 44.7 Å². The van der Waals surface area contributed by atoms with Crippen LogP contribution in [0.25, 0.3) is 11.0 Å². The zero-order valence-corrected chi connectivity index (χ0v) is 14.8. The van der Waals surface area contributed by atoms with Crippen molar-refractivity contribution in [3.63, 3.8) is 0 Å². The highest BCUT2D eigenvalue weighted by Gasteiger charge is 2.40. The smallest absolute Gasteiger partial charge is 0.172 e. The van der Waals surface area contributed by atoms with E-state index < -0.39 is 0 Å². The number of likely N-dealkylation sites (N-methyl/N-ethyl adjacent to an activating group) is 1. The Balaban J connectivity index is 1.56. The molecule has 6 nitrogen and oxygen atoms in total. The molecule has 0 spiro atoms. The number of rotatable bonds is 2. The van der Waals surface area contributed by atoms with E-state index in [1.54, 1.807) is 0 Å². The Kier molecular flexibility index (Phi) is 3.75. The maximum absolute atomic E-state index is 6.03. The van der Waals surface area contributed by atoms with Crippen LogP contribution in [-0.4, -0.2) is 73.4 Å². The highest BCUT2D eigenvalue weighted by atomic mass is 16.5. The lowest BCUT2D eigenvalue weighted by Crippen LogP contribution is -2.48. The first-order valence-corrected chi connectivity index (χ1v) is 9.38. The number of aromatic nitrogens is 2. The van der Waals surface area contributed by atoms with Gasteiger partial charge in [0, 0.05) is 32.7 Å². The van der Waals surface area contributed by atoms with Gasteiger partial charge in [0.2, 0.25) is 0 Å². The zero-order valence-electron chi connectivity index (χ0n) is 14.8. The molecule has 5 rings (SSSR count). The van der Waals surface area contributed by atoms with Gasteiger partial charge in [0.25, 0.3) is 0 Å². The first-order chi connectivity index (χ1) is 12.3. The molecule has 3 fully saturated rings. The van der Waals surface area contributed by atoms with E-state index in [4.69, 9.17) is 14.7 Å². The van der Waals surface area contributed by atoms with Crippen LogP contribution in [0.2, 0.25) is 0 Å². The number of anilines is 2. The molecule has 3 aliphatic heterocycles. The van der Waals surface area contributed by atoms with Crippen molar-refractivity contribution in [2.45, 2.75) is 25.0 Å². The van der Waals surface area contributed by atoms with E-state index in [0.29, 0.717) is 6.04 Å². The van der Waals surface area contributed by atoms with E-state index in [9.17, 15) is 0 Å². The number of morpholine rings is 1. The Labute approximate surface area is 148 Å². The summed E-state index contributed by atoms with van der Waals surface area (Å²) in [7, 11) is 2.21. The SMILES string of the molecule is CN1CCO[C@@H]2CN(c3nc4ccccc4nc3N3CCCC3)C[C@@H]21. The fourth-order valence-electron chi connectivity index (χ4n) is 4.37. The summed E-state index contributed by atoms with van der Waals surface area (Å²) in [5.74, 6) is 2.09. The molecule has 0 unspecified atom stereocenters. The van der Waals surface area contributed by atoms with Gasteiger partial charge < -0.3 is 14.5 Å². The Hall–Kier alpha value is -1.92. The lowest BCUT2D eigenvalue weighted by atomic mass is 10.1. The van der Waals surface area contributed by atoms with Crippen LogP contribution >= 0.6 is 0 Å². The highest BCUT2D eigenvalue weighted by molar-refractivity contribution is 5.81. The summed E-state index contributed by atoms with van der Waals surface area (Å²) in [6, 6.07) is 8.65. The minimum atomic E-state index is 0.276. The van der Waals surface area contributed by atoms with Gasteiger partial charge in [0.05, 0.1) is 29.8 Å². The highest BCUT2D eigenvalue weighted by Crippen LogP contribution is 2.34. The lowest BCUT2D eigenvalue weighted by molar-refractivity contribution is -0.0362. The normalized spacial score (nSPS) is 27.2. The van der Waals surface area contributed by atoms with Gasteiger partial charge in [-0.25, -0.2) is 9.97 Å². The average molecular weight is 339 g/mol. The summed E-state index contributed by atoms with van der Waals surface area (Å²) in [6.45, 7) is 5.87. The molecule has 0 radical (unpaired) electrons. The second kappa shape index (κ2) is 6.11. The van der Waals surface area contributed by atoms with Crippen molar-refractivity contribution in [2.24, 2.45) is 0 Å². The molecule has 0 aliphatic carbocycles. The fourth-order valence-corrected chi connectivity index (χ4v) is 4.37. The first kappa shape index (κ1) is 15.3. The van der Waals surface area contributed by atoms with Gasteiger partial charge in [-0.2, -0.15) is 0 Å². The minimum absolute atomic E-state index is 0.276. The van der Waals surface area contributed by atoms with Gasteiger partial charge in [-0.05, 0) is 32.0 Å². The third-order valence-electron chi connectivity index (χ3n) is 5.82. The fraction of sp³-hybridized carbons (Fsp3) is 0.579. The van der Waals surface area contributed by atoms with Crippen molar-refractivity contribution in [2.75, 3.05) is 56.2 Å². The number of hydrogen-bond acceptors (Lipinski definition) is 6. The molecule has 2 aromatic rings. The Morgan fingerprint density at radius 1 is 0.920 bits per heavy atom. The van der Waals surface area contributed by atoms with Crippen LogP contribution in [0, 0.1) is 0 Å². The van der Waals surface area contributed by atoms with Gasteiger partial charge >= 0.3 is 0 Å². The standard InChI is InChI=1S/C19H25N5O/c1-22-10-11-25-17-13-24(12-16(17)22)19-18(23-8-4-5-9-23)20-14-6-2-3-7-15(14)21-19/h2-3,6-7,16-17H,4-5,8-13H2,1H3/t16-,17+/m0/s1. The van der Waals surface area contributed by atoms with Crippen LogP contribution in [-0.2, 0) is 4.74 Å². The molecular weight excluding hydrogens is 314 g/mol. The predicted molar refractivity (Wildman–Crippen MR) is 99.4 cm³/mol. The molecule has 0 N–H and O–H groups in total. The van der Waals surface area contributed by atoms with Crippen molar-refractivity contribution < 1.29 is 4.74 Å². The maximum atomic E-state index is 6.03. The Bertz CT molecular complexity index is 775. The molecule has 3 aliphatic rings. The summed E-state index contributed by atoms with van der Waals surface area (Å²) in [5.41, 5.74) is 1.96. The van der Waals surface area contributed by atoms with Crippen LogP contribution in [0.1, 0.15) is 12.8 Å². The van der Waals surface area contributed by atoms with E-state index in [1.165, 1.54) is 12.8 Å². The summed E-state index contributed by atoms with van der Waals surface area (Å²) >= 11 is 0. The molecule has 2 atom stereocenters. The number of nitrogens with zero attached hydrogens (tertiary/aromatic N) is 5. The third-order valence-corrected chi connectivity index (χ3v) is 5.82. The molecule has 0 bridgehead atoms. The second-order valence-electron chi connectivity index (χ2n) is 7.42. The number of hydrogen-bond donors (Lipinski definition) is 0. The van der Waals surface area contributed by atoms with E-state index >= 15 is 0 Å². The second-order valence-corrected chi connectivity index (χ2v) is 7.42. The third kappa shape index (κ3) is 2.64. The molecule has 25 heavy (non-hydrogen) atoms. The summed E-state index contributed by atoms with van der Waals surface area (Å²) < 4.78 is 6.03. The number of para-hydroxylation sites is 2. The zero-order chi connectivity index (χ0) is 16.8. The van der Waals surface area contributed by atoms with Gasteiger partial charge in [0.15, 0.2) is 11.6 Å². The average Bonchev–Trinajstić information content (AvgIpc) is 3.31. The summed E-state index contributed by atoms with van der Waals surface area (Å²) in [6.07, 6.45) is 2.76. The van der Waals surface area contributed by atoms with Crippen molar-refractivity contribution in [1.29, 1.82) is 0 Å². The van der Waals surface area contributed by atoms with Crippen molar-refractivity contribution in [3.05, 3.63) is 24.3 Å². The van der Waals surface area contributed by atoms with Crippen molar-refractivity contribution >= 4 is 22.7 Å². The van der Waals surface area contributed by atoms with Gasteiger partial charge in [-0.3, -0.25) is 4.90 Å². The lowest BCUT2D eigenvalue weighted by Gasteiger charge is -2.33. The number of ether oxygens (including phenoxy) is 1. The van der Waals surface area contributed by atoms with Gasteiger partial charge in [-0.15, -0.1) is 0 Å². The molecule has 6 heteroatoms. The Morgan fingerprint density at radius 3 is 2.28 bits per heavy atom. The minimum Gasteiger partial charge on any atom is -0.373 e. The first-order valence-electron chi connectivity index (χ1n) is 9.38. The van der Waals surface area contributed by atoms with Crippen molar-refractivity contribution in [1.82, 2.24) is 14.9 Å². The number of benzene rings is 1. The van der Waals surface area contributed by atoms with E-state index in [-0.39, 0.29) is 6.10 Å². The van der Waals surface area contributed by atoms with Crippen LogP contribution in [0.15, 0.2) is 24.3 Å². The van der Waals surface area contributed by atoms with Crippen LogP contribution in [0.5, 0.6) is 0 Å². The molecule has 3 saturated heterocycles. The molecule has 1 aromatic carbocycles. The summed E-state index contributed by atoms with van der Waals surface area (Å²) in [5, 5.41) is 0. The largest absolute Gasteiger partial charge is 0.373 e. The van der Waals surface area contributed by atoms with Gasteiger partial charge in [-0.1, -0.05) is 12.1 Å². The van der Waals surface area contributed by atoms with Crippen LogP contribution in [0.3, 0.4) is 0 Å². The predicted octanol–water partition coefficient (Wildman–Crippen LogP) is 1.75. The number of fused-ring (bicyclic) bond motifs is 2. The molecule has 132 valence electrons. The van der Waals surface area contributed by atoms with E-state index in [0.717, 1.165) is 62.0 Å². The summed E-state index contributed by atoms with van der Waals surface area (Å²) in [4.78, 5) is 17.3. The van der Waals surface area contributed by atoms with Gasteiger partial charge in [0.1, 0.15) is 0 Å². The molecule has 1 aromatic heterocycles. The molecule has 0 amide bonds. The molecule has 0 saturated carbocycles.